The minimum atomic E-state index is -0.634. The van der Waals surface area contributed by atoms with Crippen LogP contribution >= 0.6 is 0 Å². The normalized spacial score (nSPS) is 20.6. The van der Waals surface area contributed by atoms with Gasteiger partial charge in [0.2, 0.25) is 5.91 Å². The molecule has 118 valence electrons. The molecule has 3 rings (SSSR count). The summed E-state index contributed by atoms with van der Waals surface area (Å²) in [7, 11) is 0. The molecule has 0 saturated heterocycles. The van der Waals surface area contributed by atoms with Gasteiger partial charge in [0.25, 0.3) is 5.91 Å². The zero-order valence-corrected chi connectivity index (χ0v) is 12.9. The van der Waals surface area contributed by atoms with Gasteiger partial charge in [0, 0.05) is 12.5 Å². The maximum Gasteiger partial charge on any atom is 0.262 e. The fourth-order valence-corrected chi connectivity index (χ4v) is 2.82. The van der Waals surface area contributed by atoms with Crippen molar-refractivity contribution < 1.29 is 14.3 Å². The van der Waals surface area contributed by atoms with Crippen LogP contribution in [-0.2, 0) is 9.59 Å². The SMILES string of the molecule is CCCNC(=O)[C@@H]1CN(C(=O)C2CCC2)c2ccccc2O1. The van der Waals surface area contributed by atoms with Crippen molar-refractivity contribution in [1.82, 2.24) is 5.32 Å². The molecule has 0 unspecified atom stereocenters. The maximum absolute atomic E-state index is 12.7. The number of fused-ring (bicyclic) bond motifs is 1. The predicted molar refractivity (Wildman–Crippen MR) is 83.9 cm³/mol. The molecule has 2 amide bonds. The smallest absolute Gasteiger partial charge is 0.262 e. The summed E-state index contributed by atoms with van der Waals surface area (Å²) in [6.45, 7) is 2.92. The van der Waals surface area contributed by atoms with Crippen LogP contribution in [0.25, 0.3) is 0 Å². The number of hydrogen-bond acceptors (Lipinski definition) is 3. The molecule has 22 heavy (non-hydrogen) atoms. The third-order valence-electron chi connectivity index (χ3n) is 4.34. The number of carbonyl (C=O) groups excluding carboxylic acids is 2. The van der Waals surface area contributed by atoms with E-state index in [1.807, 2.05) is 31.2 Å². The van der Waals surface area contributed by atoms with Crippen molar-refractivity contribution in [2.24, 2.45) is 5.92 Å². The Morgan fingerprint density at radius 2 is 2.09 bits per heavy atom. The summed E-state index contributed by atoms with van der Waals surface area (Å²) in [5.74, 6) is 0.682. The number of para-hydroxylation sites is 2. The third kappa shape index (κ3) is 2.80. The van der Waals surface area contributed by atoms with Crippen LogP contribution in [0.2, 0.25) is 0 Å². The Bertz CT molecular complexity index is 569. The van der Waals surface area contributed by atoms with Gasteiger partial charge in [-0.05, 0) is 31.4 Å². The van der Waals surface area contributed by atoms with Crippen molar-refractivity contribution in [3.05, 3.63) is 24.3 Å². The lowest BCUT2D eigenvalue weighted by Gasteiger charge is -2.37. The van der Waals surface area contributed by atoms with Gasteiger partial charge < -0.3 is 15.0 Å². The first kappa shape index (κ1) is 14.9. The second kappa shape index (κ2) is 6.38. The fourth-order valence-electron chi connectivity index (χ4n) is 2.82. The van der Waals surface area contributed by atoms with Gasteiger partial charge in [0.05, 0.1) is 12.2 Å². The van der Waals surface area contributed by atoms with Gasteiger partial charge in [-0.2, -0.15) is 0 Å². The Balaban J connectivity index is 1.81. The van der Waals surface area contributed by atoms with Crippen LogP contribution < -0.4 is 15.0 Å². The molecule has 1 aromatic carbocycles. The Morgan fingerprint density at radius 3 is 2.77 bits per heavy atom. The number of nitrogens with zero attached hydrogens (tertiary/aromatic N) is 1. The molecule has 1 aromatic rings. The van der Waals surface area contributed by atoms with Crippen molar-refractivity contribution in [3.8, 4) is 5.75 Å². The quantitative estimate of drug-likeness (QED) is 0.926. The number of ether oxygens (including phenoxy) is 1. The molecule has 1 atom stereocenters. The fraction of sp³-hybridized carbons (Fsp3) is 0.529. The summed E-state index contributed by atoms with van der Waals surface area (Å²) < 4.78 is 5.80. The van der Waals surface area contributed by atoms with E-state index >= 15 is 0 Å². The molecule has 1 aliphatic heterocycles. The largest absolute Gasteiger partial charge is 0.477 e. The molecule has 0 radical (unpaired) electrons. The lowest BCUT2D eigenvalue weighted by Crippen LogP contribution is -2.52. The van der Waals surface area contributed by atoms with E-state index in [1.165, 1.54) is 0 Å². The molecule has 1 N–H and O–H groups in total. The number of carbonyl (C=O) groups is 2. The van der Waals surface area contributed by atoms with Crippen molar-refractivity contribution in [2.45, 2.75) is 38.7 Å². The Morgan fingerprint density at radius 1 is 1.32 bits per heavy atom. The topological polar surface area (TPSA) is 58.6 Å². The zero-order chi connectivity index (χ0) is 15.5. The van der Waals surface area contributed by atoms with Gasteiger partial charge in [-0.1, -0.05) is 25.5 Å². The van der Waals surface area contributed by atoms with Crippen molar-refractivity contribution in [3.63, 3.8) is 0 Å². The summed E-state index contributed by atoms with van der Waals surface area (Å²) >= 11 is 0. The second-order valence-corrected chi connectivity index (χ2v) is 5.94. The summed E-state index contributed by atoms with van der Waals surface area (Å²) in [5.41, 5.74) is 0.777. The number of nitrogens with one attached hydrogen (secondary N) is 1. The minimum Gasteiger partial charge on any atom is -0.477 e. The van der Waals surface area contributed by atoms with Gasteiger partial charge in [0.1, 0.15) is 5.75 Å². The number of hydrogen-bond donors (Lipinski definition) is 1. The lowest BCUT2D eigenvalue weighted by molar-refractivity contribution is -0.129. The molecular weight excluding hydrogens is 280 g/mol. The molecule has 1 aliphatic carbocycles. The molecule has 2 aliphatic rings. The van der Waals surface area contributed by atoms with Crippen molar-refractivity contribution in [1.29, 1.82) is 0 Å². The average molecular weight is 302 g/mol. The summed E-state index contributed by atoms with van der Waals surface area (Å²) in [6, 6.07) is 7.44. The van der Waals surface area contributed by atoms with Crippen LogP contribution in [0.1, 0.15) is 32.6 Å². The van der Waals surface area contributed by atoms with E-state index in [-0.39, 0.29) is 17.7 Å². The second-order valence-electron chi connectivity index (χ2n) is 5.94. The van der Waals surface area contributed by atoms with Crippen LogP contribution in [0.5, 0.6) is 5.75 Å². The lowest BCUT2D eigenvalue weighted by atomic mass is 9.84. The maximum atomic E-state index is 12.7. The Kier molecular flexibility index (Phi) is 4.32. The predicted octanol–water partition coefficient (Wildman–Crippen LogP) is 2.11. The van der Waals surface area contributed by atoms with Gasteiger partial charge in [-0.3, -0.25) is 9.59 Å². The van der Waals surface area contributed by atoms with Crippen LogP contribution in [0.15, 0.2) is 24.3 Å². The Hall–Kier alpha value is -2.04. The van der Waals surface area contributed by atoms with Crippen molar-refractivity contribution in [2.75, 3.05) is 18.0 Å². The van der Waals surface area contributed by atoms with Crippen LogP contribution in [0.4, 0.5) is 5.69 Å². The van der Waals surface area contributed by atoms with Gasteiger partial charge in [-0.15, -0.1) is 0 Å². The summed E-state index contributed by atoms with van der Waals surface area (Å²) in [6.07, 6.45) is 3.25. The number of anilines is 1. The number of amides is 2. The molecule has 5 heteroatoms. The standard InChI is InChI=1S/C17H22N2O3/c1-2-10-18-16(20)15-11-19(17(21)12-6-5-7-12)13-8-3-4-9-14(13)22-15/h3-4,8-9,12,15H,2,5-7,10-11H2,1H3,(H,18,20)/t15-/m0/s1. The van der Waals surface area contributed by atoms with E-state index in [4.69, 9.17) is 4.74 Å². The first-order valence-corrected chi connectivity index (χ1v) is 8.05. The van der Waals surface area contributed by atoms with Crippen LogP contribution in [0, 0.1) is 5.92 Å². The third-order valence-corrected chi connectivity index (χ3v) is 4.34. The first-order valence-electron chi connectivity index (χ1n) is 8.05. The molecule has 0 bridgehead atoms. The molecule has 1 heterocycles. The number of benzene rings is 1. The van der Waals surface area contributed by atoms with Gasteiger partial charge in [-0.25, -0.2) is 0 Å². The monoisotopic (exact) mass is 302 g/mol. The molecule has 1 fully saturated rings. The van der Waals surface area contributed by atoms with E-state index in [2.05, 4.69) is 5.32 Å². The van der Waals surface area contributed by atoms with E-state index in [1.54, 1.807) is 4.90 Å². The van der Waals surface area contributed by atoms with E-state index in [9.17, 15) is 9.59 Å². The van der Waals surface area contributed by atoms with Gasteiger partial charge >= 0.3 is 0 Å². The first-order chi connectivity index (χ1) is 10.7. The molecule has 0 spiro atoms. The van der Waals surface area contributed by atoms with E-state index in [0.29, 0.717) is 18.8 Å². The van der Waals surface area contributed by atoms with Crippen molar-refractivity contribution >= 4 is 17.5 Å². The van der Waals surface area contributed by atoms with Gasteiger partial charge in [0.15, 0.2) is 6.10 Å². The highest BCUT2D eigenvalue weighted by Gasteiger charge is 2.37. The van der Waals surface area contributed by atoms with Crippen LogP contribution in [0.3, 0.4) is 0 Å². The van der Waals surface area contributed by atoms with E-state index in [0.717, 1.165) is 31.4 Å². The molecule has 5 nitrogen and oxygen atoms in total. The highest BCUT2D eigenvalue weighted by molar-refractivity contribution is 5.98. The summed E-state index contributed by atoms with van der Waals surface area (Å²) in [5, 5.41) is 2.85. The average Bonchev–Trinajstić information content (AvgIpc) is 2.49. The zero-order valence-electron chi connectivity index (χ0n) is 12.9. The Labute approximate surface area is 130 Å². The van der Waals surface area contributed by atoms with E-state index < -0.39 is 6.10 Å². The minimum absolute atomic E-state index is 0.102. The highest BCUT2D eigenvalue weighted by atomic mass is 16.5. The molecule has 1 saturated carbocycles. The molecule has 0 aromatic heterocycles. The summed E-state index contributed by atoms with van der Waals surface area (Å²) in [4.78, 5) is 26.6. The highest BCUT2D eigenvalue weighted by Crippen LogP contribution is 2.37. The van der Waals surface area contributed by atoms with Crippen LogP contribution in [-0.4, -0.2) is 31.0 Å². The number of rotatable bonds is 4. The molecular formula is C17H22N2O3.